The maximum absolute atomic E-state index is 13.2. The van der Waals surface area contributed by atoms with Gasteiger partial charge in [-0.05, 0) is 41.8 Å². The Hall–Kier alpha value is -3.81. The van der Waals surface area contributed by atoms with Crippen LogP contribution in [-0.2, 0) is 11.2 Å². The number of amides is 1. The lowest BCUT2D eigenvalue weighted by Gasteiger charge is -2.24. The Morgan fingerprint density at radius 3 is 2.22 bits per heavy atom. The first-order valence-electron chi connectivity index (χ1n) is 9.83. The van der Waals surface area contributed by atoms with E-state index in [1.54, 1.807) is 30.3 Å². The summed E-state index contributed by atoms with van der Waals surface area (Å²) in [7, 11) is 0. The van der Waals surface area contributed by atoms with Crippen molar-refractivity contribution >= 4 is 17.4 Å². The molecule has 0 aromatic heterocycles. The standard InChI is InChI=1S/C24H22F3N3O2/c25-24(26,27)23(31)30(13-14-32-21-8-4-7-19(16-21)22(28)29)20-11-9-18(10-12-20)15-17-5-2-1-3-6-17/h1-12,16H,13-15H2,(H3,28,29). The van der Waals surface area contributed by atoms with Crippen LogP contribution in [0.1, 0.15) is 16.7 Å². The van der Waals surface area contributed by atoms with E-state index < -0.39 is 12.1 Å². The number of amidine groups is 1. The van der Waals surface area contributed by atoms with Gasteiger partial charge in [-0.2, -0.15) is 13.2 Å². The number of anilines is 1. The minimum atomic E-state index is -5.02. The van der Waals surface area contributed by atoms with Crippen LogP contribution in [0.15, 0.2) is 78.9 Å². The van der Waals surface area contributed by atoms with Crippen LogP contribution in [0.4, 0.5) is 18.9 Å². The maximum Gasteiger partial charge on any atom is 0.471 e. The van der Waals surface area contributed by atoms with E-state index in [2.05, 4.69) is 0 Å². The molecule has 166 valence electrons. The number of halogens is 3. The van der Waals surface area contributed by atoms with E-state index in [1.165, 1.54) is 18.2 Å². The molecule has 0 saturated carbocycles. The quantitative estimate of drug-likeness (QED) is 0.398. The van der Waals surface area contributed by atoms with E-state index in [9.17, 15) is 18.0 Å². The Labute approximate surface area is 183 Å². The lowest BCUT2D eigenvalue weighted by atomic mass is 10.0. The number of nitrogens with zero attached hydrogens (tertiary/aromatic N) is 1. The van der Waals surface area contributed by atoms with Crippen molar-refractivity contribution in [1.82, 2.24) is 0 Å². The van der Waals surface area contributed by atoms with Gasteiger partial charge in [0.1, 0.15) is 18.2 Å². The highest BCUT2D eigenvalue weighted by Crippen LogP contribution is 2.25. The Balaban J connectivity index is 1.72. The fourth-order valence-corrected chi connectivity index (χ4v) is 3.13. The molecule has 32 heavy (non-hydrogen) atoms. The van der Waals surface area contributed by atoms with E-state index >= 15 is 0 Å². The number of nitrogens with two attached hydrogens (primary N) is 1. The molecule has 0 fully saturated rings. The summed E-state index contributed by atoms with van der Waals surface area (Å²) in [6, 6.07) is 22.4. The zero-order valence-corrected chi connectivity index (χ0v) is 17.1. The van der Waals surface area contributed by atoms with Gasteiger partial charge in [0.25, 0.3) is 0 Å². The van der Waals surface area contributed by atoms with E-state index in [1.807, 2.05) is 30.3 Å². The number of benzene rings is 3. The van der Waals surface area contributed by atoms with Gasteiger partial charge in [-0.25, -0.2) is 0 Å². The molecule has 3 rings (SSSR count). The van der Waals surface area contributed by atoms with Crippen molar-refractivity contribution in [1.29, 1.82) is 5.41 Å². The molecule has 0 saturated heterocycles. The van der Waals surface area contributed by atoms with E-state index in [-0.39, 0.29) is 24.7 Å². The SMILES string of the molecule is N=C(N)c1cccc(OCCN(C(=O)C(F)(F)F)c2ccc(Cc3ccccc3)cc2)c1. The molecule has 0 spiro atoms. The first-order valence-corrected chi connectivity index (χ1v) is 9.83. The molecule has 0 heterocycles. The highest BCUT2D eigenvalue weighted by atomic mass is 19.4. The lowest BCUT2D eigenvalue weighted by Crippen LogP contribution is -2.43. The third-order valence-corrected chi connectivity index (χ3v) is 4.72. The molecule has 1 amide bonds. The number of nitrogen functional groups attached to an aromatic ring is 1. The van der Waals surface area contributed by atoms with Crippen LogP contribution in [0, 0.1) is 5.41 Å². The average molecular weight is 441 g/mol. The zero-order valence-electron chi connectivity index (χ0n) is 17.1. The van der Waals surface area contributed by atoms with Crippen LogP contribution in [-0.4, -0.2) is 31.1 Å². The summed E-state index contributed by atoms with van der Waals surface area (Å²) < 4.78 is 45.0. The summed E-state index contributed by atoms with van der Waals surface area (Å²) in [5.74, 6) is -1.77. The molecule has 0 aliphatic rings. The van der Waals surface area contributed by atoms with Gasteiger partial charge < -0.3 is 15.4 Å². The van der Waals surface area contributed by atoms with E-state index in [4.69, 9.17) is 15.9 Å². The summed E-state index contributed by atoms with van der Waals surface area (Å²) >= 11 is 0. The third-order valence-electron chi connectivity index (χ3n) is 4.72. The van der Waals surface area contributed by atoms with E-state index in [0.717, 1.165) is 11.1 Å². The molecular formula is C24H22F3N3O2. The average Bonchev–Trinajstić information content (AvgIpc) is 2.77. The third kappa shape index (κ3) is 6.10. The molecule has 8 heteroatoms. The minimum absolute atomic E-state index is 0.130. The Morgan fingerprint density at radius 1 is 0.938 bits per heavy atom. The number of carbonyl (C=O) groups excluding carboxylic acids is 1. The van der Waals surface area contributed by atoms with Gasteiger partial charge in [-0.1, -0.05) is 54.6 Å². The monoisotopic (exact) mass is 441 g/mol. The Bertz CT molecular complexity index is 1070. The Morgan fingerprint density at radius 2 is 1.59 bits per heavy atom. The maximum atomic E-state index is 13.2. The summed E-state index contributed by atoms with van der Waals surface area (Å²) in [4.78, 5) is 12.7. The molecule has 0 atom stereocenters. The van der Waals surface area contributed by atoms with Crippen molar-refractivity contribution in [3.05, 3.63) is 95.6 Å². The Kier molecular flexibility index (Phi) is 7.14. The predicted molar refractivity (Wildman–Crippen MR) is 117 cm³/mol. The zero-order chi connectivity index (χ0) is 23.1. The number of nitrogens with one attached hydrogen (secondary N) is 1. The molecule has 3 N–H and O–H groups in total. The number of hydrogen-bond acceptors (Lipinski definition) is 3. The largest absolute Gasteiger partial charge is 0.492 e. The second kappa shape index (κ2) is 10.00. The van der Waals surface area contributed by atoms with Crippen LogP contribution in [0.2, 0.25) is 0 Å². The lowest BCUT2D eigenvalue weighted by molar-refractivity contribution is -0.170. The molecule has 0 aliphatic carbocycles. The predicted octanol–water partition coefficient (Wildman–Crippen LogP) is 4.54. The molecule has 0 radical (unpaired) electrons. The fourth-order valence-electron chi connectivity index (χ4n) is 3.13. The van der Waals surface area contributed by atoms with Crippen LogP contribution < -0.4 is 15.4 Å². The minimum Gasteiger partial charge on any atom is -0.492 e. The molecule has 3 aromatic rings. The van der Waals surface area contributed by atoms with Crippen molar-refractivity contribution in [3.8, 4) is 5.75 Å². The smallest absolute Gasteiger partial charge is 0.471 e. The molecule has 3 aromatic carbocycles. The molecular weight excluding hydrogens is 419 g/mol. The van der Waals surface area contributed by atoms with Crippen LogP contribution in [0.5, 0.6) is 5.75 Å². The molecule has 0 bridgehead atoms. The number of alkyl halides is 3. The van der Waals surface area contributed by atoms with Gasteiger partial charge in [-0.15, -0.1) is 0 Å². The summed E-state index contributed by atoms with van der Waals surface area (Å²) in [5.41, 5.74) is 7.98. The summed E-state index contributed by atoms with van der Waals surface area (Å²) in [6.07, 6.45) is -4.39. The van der Waals surface area contributed by atoms with Gasteiger partial charge in [0.15, 0.2) is 0 Å². The van der Waals surface area contributed by atoms with Gasteiger partial charge in [-0.3, -0.25) is 10.2 Å². The number of carbonyl (C=O) groups is 1. The highest BCUT2D eigenvalue weighted by Gasteiger charge is 2.43. The van der Waals surface area contributed by atoms with Gasteiger partial charge in [0, 0.05) is 11.3 Å². The van der Waals surface area contributed by atoms with Crippen LogP contribution >= 0.6 is 0 Å². The summed E-state index contributed by atoms with van der Waals surface area (Å²) in [6.45, 7) is -0.477. The van der Waals surface area contributed by atoms with Gasteiger partial charge >= 0.3 is 12.1 Å². The van der Waals surface area contributed by atoms with E-state index in [0.29, 0.717) is 22.6 Å². The van der Waals surface area contributed by atoms with Crippen molar-refractivity contribution in [2.75, 3.05) is 18.1 Å². The number of rotatable bonds is 8. The first kappa shape index (κ1) is 22.9. The molecule has 5 nitrogen and oxygen atoms in total. The first-order chi connectivity index (χ1) is 15.2. The van der Waals surface area contributed by atoms with Crippen molar-refractivity contribution in [2.24, 2.45) is 5.73 Å². The van der Waals surface area contributed by atoms with Crippen LogP contribution in [0.25, 0.3) is 0 Å². The molecule has 0 aliphatic heterocycles. The summed E-state index contributed by atoms with van der Waals surface area (Å²) in [5, 5.41) is 7.45. The van der Waals surface area contributed by atoms with Crippen molar-refractivity contribution in [2.45, 2.75) is 12.6 Å². The normalized spacial score (nSPS) is 11.1. The van der Waals surface area contributed by atoms with Crippen molar-refractivity contribution in [3.63, 3.8) is 0 Å². The molecule has 0 unspecified atom stereocenters. The number of ether oxygens (including phenoxy) is 1. The second-order valence-electron chi connectivity index (χ2n) is 7.07. The van der Waals surface area contributed by atoms with Crippen LogP contribution in [0.3, 0.4) is 0 Å². The fraction of sp³-hybridized carbons (Fsp3) is 0.167. The van der Waals surface area contributed by atoms with Gasteiger partial charge in [0.05, 0.1) is 6.54 Å². The van der Waals surface area contributed by atoms with Crippen molar-refractivity contribution < 1.29 is 22.7 Å². The second-order valence-corrected chi connectivity index (χ2v) is 7.07. The topological polar surface area (TPSA) is 79.4 Å². The number of hydrogen-bond donors (Lipinski definition) is 2. The highest BCUT2D eigenvalue weighted by molar-refractivity contribution is 5.97. The van der Waals surface area contributed by atoms with Gasteiger partial charge in [0.2, 0.25) is 0 Å².